The normalized spacial score (nSPS) is 13.9. The molecule has 0 amide bonds. The van der Waals surface area contributed by atoms with Gasteiger partial charge in [0.15, 0.2) is 5.65 Å². The highest BCUT2D eigenvalue weighted by Gasteiger charge is 2.27. The largest absolute Gasteiger partial charge is 0.261 e. The van der Waals surface area contributed by atoms with Gasteiger partial charge in [0.1, 0.15) is 0 Å². The van der Waals surface area contributed by atoms with Crippen LogP contribution in [0.25, 0.3) is 22.2 Å². The van der Waals surface area contributed by atoms with E-state index < -0.39 is 5.41 Å². The number of aromatic amines is 1. The summed E-state index contributed by atoms with van der Waals surface area (Å²) in [5, 5.41) is 17.7. The van der Waals surface area contributed by atoms with E-state index in [4.69, 9.17) is 0 Å². The molecule has 4 heteroatoms. The van der Waals surface area contributed by atoms with Gasteiger partial charge in [0.25, 0.3) is 0 Å². The predicted octanol–water partition coefficient (Wildman–Crippen LogP) is 4.45. The van der Waals surface area contributed by atoms with Gasteiger partial charge in [-0.05, 0) is 48.1 Å². The summed E-state index contributed by atoms with van der Waals surface area (Å²) in [7, 11) is 0. The van der Waals surface area contributed by atoms with Crippen molar-refractivity contribution in [3.05, 3.63) is 48.3 Å². The van der Waals surface area contributed by atoms with Crippen LogP contribution in [-0.2, 0) is 5.41 Å². The summed E-state index contributed by atoms with van der Waals surface area (Å²) in [6.45, 7) is 6.32. The molecule has 1 aromatic carbocycles. The first-order valence-corrected chi connectivity index (χ1v) is 7.84. The SMILES string of the molecule is CC(C)CC(C)(C#N)c1cccc(-c2ccnc3[nH]ncc23)c1. The molecule has 0 radical (unpaired) electrons. The molecule has 0 bridgehead atoms. The number of hydrogen-bond donors (Lipinski definition) is 1. The molecule has 0 aliphatic heterocycles. The van der Waals surface area contributed by atoms with Crippen LogP contribution in [0.15, 0.2) is 42.7 Å². The number of H-pyrrole nitrogens is 1. The minimum absolute atomic E-state index is 0.463. The fourth-order valence-electron chi connectivity index (χ4n) is 3.18. The van der Waals surface area contributed by atoms with Crippen LogP contribution in [0.5, 0.6) is 0 Å². The maximum absolute atomic E-state index is 9.71. The van der Waals surface area contributed by atoms with Crippen molar-refractivity contribution in [3.63, 3.8) is 0 Å². The molecule has 0 fully saturated rings. The zero-order chi connectivity index (χ0) is 16.4. The van der Waals surface area contributed by atoms with Crippen molar-refractivity contribution >= 4 is 11.0 Å². The summed E-state index contributed by atoms with van der Waals surface area (Å²) < 4.78 is 0. The Morgan fingerprint density at radius 3 is 2.87 bits per heavy atom. The first kappa shape index (κ1) is 15.2. The lowest BCUT2D eigenvalue weighted by Crippen LogP contribution is -2.22. The van der Waals surface area contributed by atoms with Crippen molar-refractivity contribution in [2.45, 2.75) is 32.6 Å². The van der Waals surface area contributed by atoms with Gasteiger partial charge < -0.3 is 0 Å². The van der Waals surface area contributed by atoms with Crippen molar-refractivity contribution < 1.29 is 0 Å². The van der Waals surface area contributed by atoms with Gasteiger partial charge in [0.05, 0.1) is 17.7 Å². The molecular weight excluding hydrogens is 284 g/mol. The third-order valence-electron chi connectivity index (χ3n) is 4.23. The smallest absolute Gasteiger partial charge is 0.155 e. The topological polar surface area (TPSA) is 65.4 Å². The van der Waals surface area contributed by atoms with Crippen LogP contribution in [0, 0.1) is 17.2 Å². The fourth-order valence-corrected chi connectivity index (χ4v) is 3.18. The van der Waals surface area contributed by atoms with E-state index in [2.05, 4.69) is 47.2 Å². The van der Waals surface area contributed by atoms with Crippen LogP contribution >= 0.6 is 0 Å². The second kappa shape index (κ2) is 5.85. The van der Waals surface area contributed by atoms with Gasteiger partial charge in [-0.2, -0.15) is 10.4 Å². The summed E-state index contributed by atoms with van der Waals surface area (Å²) in [6.07, 6.45) is 4.41. The number of rotatable bonds is 4. The third kappa shape index (κ3) is 2.83. The Kier molecular flexibility index (Phi) is 3.87. The monoisotopic (exact) mass is 304 g/mol. The zero-order valence-electron chi connectivity index (χ0n) is 13.7. The van der Waals surface area contributed by atoms with Gasteiger partial charge >= 0.3 is 0 Å². The number of nitrogens with one attached hydrogen (secondary N) is 1. The molecule has 2 heterocycles. The average Bonchev–Trinajstić information content (AvgIpc) is 3.02. The lowest BCUT2D eigenvalue weighted by molar-refractivity contribution is 0.449. The molecular formula is C19H20N4. The van der Waals surface area contributed by atoms with Crippen molar-refractivity contribution in [1.29, 1.82) is 5.26 Å². The maximum Gasteiger partial charge on any atom is 0.155 e. The van der Waals surface area contributed by atoms with Gasteiger partial charge in [-0.3, -0.25) is 5.10 Å². The Balaban J connectivity index is 2.10. The van der Waals surface area contributed by atoms with Gasteiger partial charge in [-0.15, -0.1) is 0 Å². The van der Waals surface area contributed by atoms with Crippen LogP contribution in [0.2, 0.25) is 0 Å². The van der Waals surface area contributed by atoms with Crippen molar-refractivity contribution in [2.24, 2.45) is 5.92 Å². The zero-order valence-corrected chi connectivity index (χ0v) is 13.7. The molecule has 0 saturated carbocycles. The Hall–Kier alpha value is -2.67. The van der Waals surface area contributed by atoms with Gasteiger partial charge in [0.2, 0.25) is 0 Å². The molecule has 116 valence electrons. The number of fused-ring (bicyclic) bond motifs is 1. The number of hydrogen-bond acceptors (Lipinski definition) is 3. The highest BCUT2D eigenvalue weighted by molar-refractivity contribution is 5.92. The van der Waals surface area contributed by atoms with Crippen molar-refractivity contribution in [1.82, 2.24) is 15.2 Å². The van der Waals surface area contributed by atoms with E-state index >= 15 is 0 Å². The Morgan fingerprint density at radius 1 is 1.30 bits per heavy atom. The van der Waals surface area contributed by atoms with E-state index in [0.29, 0.717) is 5.92 Å². The van der Waals surface area contributed by atoms with Crippen LogP contribution in [0.3, 0.4) is 0 Å². The molecule has 1 unspecified atom stereocenters. The van der Waals surface area contributed by atoms with E-state index in [9.17, 15) is 5.26 Å². The molecule has 3 aromatic rings. The second-order valence-corrected chi connectivity index (χ2v) is 6.61. The van der Waals surface area contributed by atoms with E-state index in [-0.39, 0.29) is 0 Å². The van der Waals surface area contributed by atoms with Crippen LogP contribution in [0.1, 0.15) is 32.8 Å². The van der Waals surface area contributed by atoms with E-state index in [1.54, 1.807) is 12.4 Å². The summed E-state index contributed by atoms with van der Waals surface area (Å²) in [6, 6.07) is 12.7. The summed E-state index contributed by atoms with van der Waals surface area (Å²) in [5.41, 5.74) is 3.52. The molecule has 3 rings (SSSR count). The van der Waals surface area contributed by atoms with Crippen LogP contribution < -0.4 is 0 Å². The quantitative estimate of drug-likeness (QED) is 0.774. The molecule has 23 heavy (non-hydrogen) atoms. The molecule has 2 aromatic heterocycles. The van der Waals surface area contributed by atoms with Gasteiger partial charge in [-0.1, -0.05) is 32.0 Å². The summed E-state index contributed by atoms with van der Waals surface area (Å²) >= 11 is 0. The minimum Gasteiger partial charge on any atom is -0.261 e. The number of nitrogens with zero attached hydrogens (tertiary/aromatic N) is 3. The molecule has 0 spiro atoms. The lowest BCUT2D eigenvalue weighted by atomic mass is 9.76. The second-order valence-electron chi connectivity index (χ2n) is 6.61. The maximum atomic E-state index is 9.71. The fraction of sp³-hybridized carbons (Fsp3) is 0.316. The third-order valence-corrected chi connectivity index (χ3v) is 4.23. The molecule has 0 aliphatic carbocycles. The summed E-state index contributed by atoms with van der Waals surface area (Å²) in [4.78, 5) is 4.28. The minimum atomic E-state index is -0.479. The van der Waals surface area contributed by atoms with Crippen LogP contribution in [-0.4, -0.2) is 15.2 Å². The van der Waals surface area contributed by atoms with Gasteiger partial charge in [-0.25, -0.2) is 4.98 Å². The number of pyridine rings is 1. The Labute approximate surface area is 136 Å². The summed E-state index contributed by atoms with van der Waals surface area (Å²) in [5.74, 6) is 0.463. The number of nitriles is 1. The Bertz CT molecular complexity index is 872. The molecule has 1 N–H and O–H groups in total. The Morgan fingerprint density at radius 2 is 2.13 bits per heavy atom. The highest BCUT2D eigenvalue weighted by atomic mass is 15.1. The number of benzene rings is 1. The van der Waals surface area contributed by atoms with Crippen molar-refractivity contribution in [2.75, 3.05) is 0 Å². The van der Waals surface area contributed by atoms with Crippen LogP contribution in [0.4, 0.5) is 0 Å². The van der Waals surface area contributed by atoms with Crippen molar-refractivity contribution in [3.8, 4) is 17.2 Å². The van der Waals surface area contributed by atoms with E-state index in [1.807, 2.05) is 25.1 Å². The highest BCUT2D eigenvalue weighted by Crippen LogP contribution is 2.34. The molecule has 1 atom stereocenters. The molecule has 0 aliphatic rings. The first-order valence-electron chi connectivity index (χ1n) is 7.84. The average molecular weight is 304 g/mol. The van der Waals surface area contributed by atoms with E-state index in [0.717, 1.165) is 34.1 Å². The number of aromatic nitrogens is 3. The van der Waals surface area contributed by atoms with Gasteiger partial charge in [0, 0.05) is 11.6 Å². The molecule has 0 saturated heterocycles. The first-order chi connectivity index (χ1) is 11.0. The van der Waals surface area contributed by atoms with E-state index in [1.165, 1.54) is 0 Å². The standard InChI is InChI=1S/C19H20N4/c1-13(2)10-19(3,12-20)15-6-4-5-14(9-15)16-7-8-21-18-17(16)11-22-23-18/h4-9,11,13H,10H2,1-3H3,(H,21,22,23). The lowest BCUT2D eigenvalue weighted by Gasteiger charge is -2.24. The molecule has 4 nitrogen and oxygen atoms in total. The predicted molar refractivity (Wildman–Crippen MR) is 91.7 cm³/mol.